The van der Waals surface area contributed by atoms with Crippen molar-refractivity contribution < 1.29 is 22.7 Å². The Balaban J connectivity index is 2.11. The molecule has 0 aliphatic carbocycles. The third kappa shape index (κ3) is 3.55. The molecule has 0 radical (unpaired) electrons. The van der Waals surface area contributed by atoms with Gasteiger partial charge in [-0.2, -0.15) is 0 Å². The van der Waals surface area contributed by atoms with Gasteiger partial charge in [-0.3, -0.25) is 0 Å². The van der Waals surface area contributed by atoms with Crippen LogP contribution in [0.25, 0.3) is 11.1 Å². The van der Waals surface area contributed by atoms with Crippen LogP contribution in [-0.4, -0.2) is 20.3 Å². The van der Waals surface area contributed by atoms with Crippen molar-refractivity contribution in [3.63, 3.8) is 0 Å². The lowest BCUT2D eigenvalue weighted by atomic mass is 9.86. The van der Waals surface area contributed by atoms with E-state index in [0.717, 1.165) is 11.1 Å². The summed E-state index contributed by atoms with van der Waals surface area (Å²) in [7, 11) is 0. The van der Waals surface area contributed by atoms with E-state index in [-0.39, 0.29) is 11.6 Å². The molecule has 1 aliphatic heterocycles. The molecular formula is C19H17FO4S. The highest BCUT2D eigenvalue weighted by atomic mass is 32.2. The van der Waals surface area contributed by atoms with Gasteiger partial charge in [-0.05, 0) is 42.7 Å². The quantitative estimate of drug-likeness (QED) is 0.665. The van der Waals surface area contributed by atoms with E-state index in [0.29, 0.717) is 16.7 Å². The van der Waals surface area contributed by atoms with E-state index in [4.69, 9.17) is 9.29 Å². The van der Waals surface area contributed by atoms with Gasteiger partial charge in [0.2, 0.25) is 0 Å². The molecule has 1 N–H and O–H groups in total. The van der Waals surface area contributed by atoms with Crippen molar-refractivity contribution in [1.29, 1.82) is 0 Å². The van der Waals surface area contributed by atoms with Crippen molar-refractivity contribution in [2.75, 3.05) is 0 Å². The molecule has 1 atom stereocenters. The number of halogens is 1. The predicted molar refractivity (Wildman–Crippen MR) is 94.3 cm³/mol. The summed E-state index contributed by atoms with van der Waals surface area (Å²) in [5.41, 5.74) is 2.37. The fraction of sp³-hybridized carbons (Fsp3) is 0.211. The minimum Gasteiger partial charge on any atom is -0.451 e. The number of rotatable bonds is 4. The fourth-order valence-electron chi connectivity index (χ4n) is 3.02. The van der Waals surface area contributed by atoms with Crippen LogP contribution in [0.2, 0.25) is 0 Å². The van der Waals surface area contributed by atoms with E-state index in [9.17, 15) is 13.4 Å². The maximum Gasteiger partial charge on any atom is 0.340 e. The third-order valence-electron chi connectivity index (χ3n) is 4.07. The molecule has 1 aliphatic rings. The van der Waals surface area contributed by atoms with Gasteiger partial charge in [-0.1, -0.05) is 36.4 Å². The molecule has 1 heterocycles. The van der Waals surface area contributed by atoms with Crippen LogP contribution in [0.1, 0.15) is 30.5 Å². The van der Waals surface area contributed by atoms with Crippen LogP contribution in [0.4, 0.5) is 4.39 Å². The van der Waals surface area contributed by atoms with E-state index < -0.39 is 22.7 Å². The standard InChI is InChI=1S/C19H17FO4S/c1-19(2)17(14-5-3-12(4-6-14)11-25(22)23)16(18(21)24-19)13-7-9-15(20)10-8-13/h3-10H,11H2,1-2H3,(H,22,23). The lowest BCUT2D eigenvalue weighted by Gasteiger charge is -2.22. The van der Waals surface area contributed by atoms with Crippen LogP contribution in [0.15, 0.2) is 48.5 Å². The second-order valence-electron chi connectivity index (χ2n) is 6.32. The van der Waals surface area contributed by atoms with Gasteiger partial charge in [0, 0.05) is 5.57 Å². The van der Waals surface area contributed by atoms with Gasteiger partial charge < -0.3 is 9.29 Å². The average molecular weight is 360 g/mol. The molecule has 0 aromatic heterocycles. The first-order valence-electron chi connectivity index (χ1n) is 7.69. The molecule has 0 bridgehead atoms. The van der Waals surface area contributed by atoms with Crippen molar-refractivity contribution in [3.05, 3.63) is 71.0 Å². The number of hydrogen-bond donors (Lipinski definition) is 1. The summed E-state index contributed by atoms with van der Waals surface area (Å²) in [6.45, 7) is 3.60. The Morgan fingerprint density at radius 2 is 1.60 bits per heavy atom. The van der Waals surface area contributed by atoms with Crippen LogP contribution in [-0.2, 0) is 26.4 Å². The zero-order chi connectivity index (χ0) is 18.2. The summed E-state index contributed by atoms with van der Waals surface area (Å²) >= 11 is -1.91. The number of esters is 1. The lowest BCUT2D eigenvalue weighted by Crippen LogP contribution is -2.22. The molecule has 2 aromatic carbocycles. The Kier molecular flexibility index (Phi) is 4.58. The van der Waals surface area contributed by atoms with E-state index in [2.05, 4.69) is 0 Å². The van der Waals surface area contributed by atoms with E-state index in [1.807, 2.05) is 0 Å². The van der Waals surface area contributed by atoms with Crippen molar-refractivity contribution >= 4 is 28.2 Å². The van der Waals surface area contributed by atoms with Gasteiger partial charge in [-0.25, -0.2) is 13.4 Å². The summed E-state index contributed by atoms with van der Waals surface area (Å²) in [6, 6.07) is 12.8. The predicted octanol–water partition coefficient (Wildman–Crippen LogP) is 3.79. The molecule has 4 nitrogen and oxygen atoms in total. The number of cyclic esters (lactones) is 1. The molecule has 25 heavy (non-hydrogen) atoms. The number of ether oxygens (including phenoxy) is 1. The number of benzene rings is 2. The third-order valence-corrected chi connectivity index (χ3v) is 4.65. The van der Waals surface area contributed by atoms with E-state index in [1.54, 1.807) is 50.2 Å². The first kappa shape index (κ1) is 17.5. The summed E-state index contributed by atoms with van der Waals surface area (Å²) in [5, 5.41) is 0. The van der Waals surface area contributed by atoms with E-state index in [1.165, 1.54) is 12.1 Å². The molecule has 0 saturated carbocycles. The molecule has 0 amide bonds. The summed E-state index contributed by atoms with van der Waals surface area (Å²) in [5.74, 6) is -0.784. The highest BCUT2D eigenvalue weighted by Gasteiger charge is 2.41. The second kappa shape index (κ2) is 6.54. The smallest absolute Gasteiger partial charge is 0.340 e. The summed E-state index contributed by atoms with van der Waals surface area (Å²) < 4.78 is 38.6. The van der Waals surface area contributed by atoms with Gasteiger partial charge in [0.1, 0.15) is 11.4 Å². The Hall–Kier alpha value is -2.31. The largest absolute Gasteiger partial charge is 0.451 e. The van der Waals surface area contributed by atoms with Gasteiger partial charge >= 0.3 is 5.97 Å². The molecule has 0 spiro atoms. The minimum atomic E-state index is -1.91. The van der Waals surface area contributed by atoms with Crippen LogP contribution >= 0.6 is 0 Å². The van der Waals surface area contributed by atoms with Crippen LogP contribution < -0.4 is 0 Å². The van der Waals surface area contributed by atoms with Gasteiger partial charge in [0.15, 0.2) is 11.1 Å². The Bertz CT molecular complexity index is 867. The zero-order valence-electron chi connectivity index (χ0n) is 13.8. The number of hydrogen-bond acceptors (Lipinski definition) is 3. The van der Waals surface area contributed by atoms with E-state index >= 15 is 0 Å². The first-order valence-corrected chi connectivity index (χ1v) is 8.96. The van der Waals surface area contributed by atoms with Gasteiger partial charge in [0.05, 0.1) is 11.3 Å². The highest BCUT2D eigenvalue weighted by Crippen LogP contribution is 2.43. The Labute approximate surface area is 147 Å². The van der Waals surface area contributed by atoms with Crippen molar-refractivity contribution in [1.82, 2.24) is 0 Å². The van der Waals surface area contributed by atoms with Crippen molar-refractivity contribution in [3.8, 4) is 0 Å². The first-order chi connectivity index (χ1) is 11.8. The average Bonchev–Trinajstić information content (AvgIpc) is 2.77. The Morgan fingerprint density at radius 1 is 1.04 bits per heavy atom. The monoisotopic (exact) mass is 360 g/mol. The van der Waals surface area contributed by atoms with Crippen LogP contribution in [0.3, 0.4) is 0 Å². The SMILES string of the molecule is CC1(C)OC(=O)C(c2ccc(F)cc2)=C1c1ccc(CS(=O)O)cc1. The zero-order valence-corrected chi connectivity index (χ0v) is 14.6. The Morgan fingerprint density at radius 3 is 2.16 bits per heavy atom. The molecule has 6 heteroatoms. The topological polar surface area (TPSA) is 63.6 Å². The second-order valence-corrected chi connectivity index (χ2v) is 7.25. The number of carbonyl (C=O) groups excluding carboxylic acids is 1. The fourth-order valence-corrected chi connectivity index (χ4v) is 3.50. The molecule has 0 saturated heterocycles. The molecular weight excluding hydrogens is 343 g/mol. The summed E-state index contributed by atoms with van der Waals surface area (Å²) in [6.07, 6.45) is 0. The van der Waals surface area contributed by atoms with Gasteiger partial charge in [0.25, 0.3) is 0 Å². The lowest BCUT2D eigenvalue weighted by molar-refractivity contribution is -0.141. The molecule has 130 valence electrons. The van der Waals surface area contributed by atoms with Gasteiger partial charge in [-0.15, -0.1) is 0 Å². The summed E-state index contributed by atoms with van der Waals surface area (Å²) in [4.78, 5) is 12.4. The maximum absolute atomic E-state index is 13.2. The van der Waals surface area contributed by atoms with Crippen LogP contribution in [0, 0.1) is 5.82 Å². The maximum atomic E-state index is 13.2. The molecule has 3 rings (SSSR count). The van der Waals surface area contributed by atoms with Crippen molar-refractivity contribution in [2.45, 2.75) is 25.2 Å². The number of carbonyl (C=O) groups is 1. The normalized spacial score (nSPS) is 17.5. The molecule has 1 unspecified atom stereocenters. The molecule has 2 aromatic rings. The minimum absolute atomic E-state index is 0.0446. The van der Waals surface area contributed by atoms with Crippen LogP contribution in [0.5, 0.6) is 0 Å². The molecule has 0 fully saturated rings. The highest BCUT2D eigenvalue weighted by molar-refractivity contribution is 7.78. The van der Waals surface area contributed by atoms with Crippen molar-refractivity contribution in [2.24, 2.45) is 0 Å².